The monoisotopic (exact) mass is 434 g/mol. The first-order chi connectivity index (χ1) is 14.6. The molecular weight excluding hydrogens is 408 g/mol. The minimum absolute atomic E-state index is 0.0642. The summed E-state index contributed by atoms with van der Waals surface area (Å²) in [7, 11) is 0. The smallest absolute Gasteiger partial charge is 0.229 e. The SMILES string of the molecule is NC(=O)[C@H]1CCC[C@H]1Nc1nc(Nc2cnn(CCN3CCOCC3)c2)ncc1Cl. The molecule has 0 radical (unpaired) electrons. The van der Waals surface area contributed by atoms with Gasteiger partial charge >= 0.3 is 0 Å². The number of nitrogens with zero attached hydrogens (tertiary/aromatic N) is 5. The highest BCUT2D eigenvalue weighted by Gasteiger charge is 2.32. The second kappa shape index (κ2) is 9.59. The Morgan fingerprint density at radius 2 is 2.10 bits per heavy atom. The van der Waals surface area contributed by atoms with Crippen molar-refractivity contribution >= 4 is 35.0 Å². The number of hydrogen-bond donors (Lipinski definition) is 3. The van der Waals surface area contributed by atoms with Gasteiger partial charge in [0, 0.05) is 31.9 Å². The second-order valence-corrected chi connectivity index (χ2v) is 8.06. The third-order valence-electron chi connectivity index (χ3n) is 5.59. The van der Waals surface area contributed by atoms with Gasteiger partial charge < -0.3 is 21.1 Å². The summed E-state index contributed by atoms with van der Waals surface area (Å²) in [6.07, 6.45) is 7.78. The zero-order valence-corrected chi connectivity index (χ0v) is 17.5. The minimum atomic E-state index is -0.293. The number of aromatic nitrogens is 4. The molecule has 0 aromatic carbocycles. The Hall–Kier alpha value is -2.43. The maximum Gasteiger partial charge on any atom is 0.229 e. The predicted molar refractivity (Wildman–Crippen MR) is 114 cm³/mol. The molecule has 0 spiro atoms. The second-order valence-electron chi connectivity index (χ2n) is 7.65. The normalized spacial score (nSPS) is 22.2. The van der Waals surface area contributed by atoms with E-state index in [-0.39, 0.29) is 17.9 Å². The summed E-state index contributed by atoms with van der Waals surface area (Å²) in [4.78, 5) is 22.7. The van der Waals surface area contributed by atoms with Gasteiger partial charge in [0.05, 0.1) is 43.8 Å². The quantitative estimate of drug-likeness (QED) is 0.570. The van der Waals surface area contributed by atoms with Gasteiger partial charge in [0.15, 0.2) is 5.82 Å². The number of carbonyl (C=O) groups excluding carboxylic acids is 1. The number of ether oxygens (including phenoxy) is 1. The van der Waals surface area contributed by atoms with E-state index in [9.17, 15) is 4.79 Å². The Bertz CT molecular complexity index is 870. The van der Waals surface area contributed by atoms with Gasteiger partial charge in [-0.1, -0.05) is 18.0 Å². The molecule has 30 heavy (non-hydrogen) atoms. The largest absolute Gasteiger partial charge is 0.379 e. The summed E-state index contributed by atoms with van der Waals surface area (Å²) in [5, 5.41) is 11.2. The number of anilines is 3. The molecule has 2 fully saturated rings. The van der Waals surface area contributed by atoms with E-state index < -0.39 is 0 Å². The average Bonchev–Trinajstić information content (AvgIpc) is 3.39. The van der Waals surface area contributed by atoms with Crippen molar-refractivity contribution in [3.05, 3.63) is 23.6 Å². The predicted octanol–water partition coefficient (Wildman–Crippen LogP) is 1.47. The molecule has 2 aliphatic rings. The third kappa shape index (κ3) is 5.18. The van der Waals surface area contributed by atoms with E-state index in [1.54, 1.807) is 6.20 Å². The fourth-order valence-corrected chi connectivity index (χ4v) is 4.07. The summed E-state index contributed by atoms with van der Waals surface area (Å²) in [6, 6.07) is -0.0642. The summed E-state index contributed by atoms with van der Waals surface area (Å²) in [5.41, 5.74) is 6.30. The van der Waals surface area contributed by atoms with Crippen molar-refractivity contribution in [1.29, 1.82) is 0 Å². The van der Waals surface area contributed by atoms with Crippen molar-refractivity contribution in [2.45, 2.75) is 31.8 Å². The molecule has 162 valence electrons. The van der Waals surface area contributed by atoms with E-state index >= 15 is 0 Å². The van der Waals surface area contributed by atoms with E-state index in [0.29, 0.717) is 16.8 Å². The van der Waals surface area contributed by atoms with Gasteiger partial charge in [-0.15, -0.1) is 0 Å². The van der Waals surface area contributed by atoms with Crippen molar-refractivity contribution in [3.63, 3.8) is 0 Å². The Labute approximate surface area is 180 Å². The molecule has 1 aliphatic heterocycles. The molecule has 0 bridgehead atoms. The summed E-state index contributed by atoms with van der Waals surface area (Å²) >= 11 is 6.26. The van der Waals surface area contributed by atoms with Crippen molar-refractivity contribution in [2.75, 3.05) is 43.5 Å². The van der Waals surface area contributed by atoms with Crippen LogP contribution in [0, 0.1) is 5.92 Å². The number of nitrogens with two attached hydrogens (primary N) is 1. The summed E-state index contributed by atoms with van der Waals surface area (Å²) in [5.74, 6) is 0.394. The molecule has 10 nitrogen and oxygen atoms in total. The number of hydrogen-bond acceptors (Lipinski definition) is 8. The Kier molecular flexibility index (Phi) is 6.66. The number of rotatable bonds is 8. The van der Waals surface area contributed by atoms with Crippen LogP contribution in [0.15, 0.2) is 18.6 Å². The van der Waals surface area contributed by atoms with Crippen LogP contribution in [0.1, 0.15) is 19.3 Å². The van der Waals surface area contributed by atoms with Crippen molar-refractivity contribution in [2.24, 2.45) is 11.7 Å². The van der Waals surface area contributed by atoms with Crippen molar-refractivity contribution in [3.8, 4) is 0 Å². The molecule has 11 heteroatoms. The topological polar surface area (TPSA) is 123 Å². The van der Waals surface area contributed by atoms with Gasteiger partial charge in [-0.3, -0.25) is 14.4 Å². The molecule has 1 aliphatic carbocycles. The standard InChI is InChI=1S/C19H27ClN8O2/c20-15-11-22-19(26-18(15)25-16-3-1-2-14(16)17(21)29)24-13-10-23-28(12-13)5-4-27-6-8-30-9-7-27/h10-12,14,16H,1-9H2,(H2,21,29)(H2,22,24,25,26)/t14-,16+/m0/s1. The van der Waals surface area contributed by atoms with Gasteiger partial charge in [0.25, 0.3) is 0 Å². The lowest BCUT2D eigenvalue weighted by atomic mass is 10.0. The van der Waals surface area contributed by atoms with Gasteiger partial charge in [-0.25, -0.2) is 4.98 Å². The van der Waals surface area contributed by atoms with Crippen molar-refractivity contribution in [1.82, 2.24) is 24.6 Å². The fraction of sp³-hybridized carbons (Fsp3) is 0.579. The molecule has 3 heterocycles. The molecule has 1 saturated heterocycles. The molecule has 1 saturated carbocycles. The molecule has 4 N–H and O–H groups in total. The molecule has 2 aromatic rings. The zero-order valence-electron chi connectivity index (χ0n) is 16.8. The van der Waals surface area contributed by atoms with E-state index in [0.717, 1.165) is 64.3 Å². The van der Waals surface area contributed by atoms with Gasteiger partial charge in [0.2, 0.25) is 11.9 Å². The molecule has 0 unspecified atom stereocenters. The first-order valence-electron chi connectivity index (χ1n) is 10.3. The van der Waals surface area contributed by atoms with Crippen LogP contribution in [0.25, 0.3) is 0 Å². The fourth-order valence-electron chi connectivity index (χ4n) is 3.93. The Balaban J connectivity index is 1.36. The van der Waals surface area contributed by atoms with Gasteiger partial charge in [-0.2, -0.15) is 10.1 Å². The van der Waals surface area contributed by atoms with E-state index in [1.807, 2.05) is 10.9 Å². The number of nitrogens with one attached hydrogen (secondary N) is 2. The molecule has 2 atom stereocenters. The molecular formula is C19H27ClN8O2. The first-order valence-corrected chi connectivity index (χ1v) is 10.6. The first kappa shape index (κ1) is 20.8. The molecule has 2 aromatic heterocycles. The Morgan fingerprint density at radius 3 is 2.90 bits per heavy atom. The Morgan fingerprint density at radius 1 is 1.27 bits per heavy atom. The van der Waals surface area contributed by atoms with Crippen LogP contribution in [0.4, 0.5) is 17.5 Å². The van der Waals surface area contributed by atoms with Crippen LogP contribution in [0.3, 0.4) is 0 Å². The van der Waals surface area contributed by atoms with Crippen LogP contribution in [-0.4, -0.2) is 69.4 Å². The lowest BCUT2D eigenvalue weighted by molar-refractivity contribution is -0.121. The lowest BCUT2D eigenvalue weighted by Gasteiger charge is -2.26. The van der Waals surface area contributed by atoms with E-state index in [2.05, 4.69) is 30.6 Å². The van der Waals surface area contributed by atoms with Gasteiger partial charge in [-0.05, 0) is 12.8 Å². The number of halogens is 1. The third-order valence-corrected chi connectivity index (χ3v) is 5.86. The van der Waals surface area contributed by atoms with Crippen LogP contribution >= 0.6 is 11.6 Å². The number of amides is 1. The molecule has 4 rings (SSSR count). The van der Waals surface area contributed by atoms with Crippen LogP contribution < -0.4 is 16.4 Å². The average molecular weight is 435 g/mol. The summed E-state index contributed by atoms with van der Waals surface area (Å²) in [6.45, 7) is 5.22. The highest BCUT2D eigenvalue weighted by Crippen LogP contribution is 2.30. The molecule has 1 amide bonds. The summed E-state index contributed by atoms with van der Waals surface area (Å²) < 4.78 is 7.27. The van der Waals surface area contributed by atoms with Crippen LogP contribution in [0.5, 0.6) is 0 Å². The maximum absolute atomic E-state index is 11.6. The highest BCUT2D eigenvalue weighted by molar-refractivity contribution is 6.32. The van der Waals surface area contributed by atoms with Crippen molar-refractivity contribution < 1.29 is 9.53 Å². The van der Waals surface area contributed by atoms with Gasteiger partial charge in [0.1, 0.15) is 5.02 Å². The van der Waals surface area contributed by atoms with E-state index in [1.165, 1.54) is 6.20 Å². The van der Waals surface area contributed by atoms with Crippen LogP contribution in [0.2, 0.25) is 5.02 Å². The van der Waals surface area contributed by atoms with Crippen LogP contribution in [-0.2, 0) is 16.1 Å². The highest BCUT2D eigenvalue weighted by atomic mass is 35.5. The lowest BCUT2D eigenvalue weighted by Crippen LogP contribution is -2.38. The maximum atomic E-state index is 11.6. The minimum Gasteiger partial charge on any atom is -0.379 e. The number of primary amides is 1. The van der Waals surface area contributed by atoms with E-state index in [4.69, 9.17) is 22.1 Å². The number of morpholine rings is 1. The number of carbonyl (C=O) groups is 1. The zero-order chi connectivity index (χ0) is 20.9.